The van der Waals surface area contributed by atoms with Crippen molar-refractivity contribution in [2.24, 2.45) is 0 Å². The smallest absolute Gasteiger partial charge is 0.321 e. The van der Waals surface area contributed by atoms with Gasteiger partial charge >= 0.3 is 6.03 Å². The third-order valence-electron chi connectivity index (χ3n) is 4.04. The Balaban J connectivity index is 1.53. The maximum absolute atomic E-state index is 12.4. The first-order valence-corrected chi connectivity index (χ1v) is 9.36. The molecule has 25 heavy (non-hydrogen) atoms. The number of carbonyl (C=O) groups is 1. The molecule has 2 amide bonds. The minimum atomic E-state index is -0.141. The van der Waals surface area contributed by atoms with Crippen LogP contribution in [-0.4, -0.2) is 65.2 Å². The van der Waals surface area contributed by atoms with Gasteiger partial charge < -0.3 is 20.4 Å². The summed E-state index contributed by atoms with van der Waals surface area (Å²) in [6.07, 6.45) is 5.87. The lowest BCUT2D eigenvalue weighted by molar-refractivity contribution is 0.215. The van der Waals surface area contributed by atoms with E-state index in [1.54, 1.807) is 34.8 Å². The van der Waals surface area contributed by atoms with Gasteiger partial charge in [-0.15, -0.1) is 11.3 Å². The van der Waals surface area contributed by atoms with Gasteiger partial charge in [0.15, 0.2) is 0 Å². The maximum atomic E-state index is 12.4. The molecule has 134 valence electrons. The number of nitrogens with one attached hydrogen (secondary N) is 2. The van der Waals surface area contributed by atoms with Crippen LogP contribution in [0.5, 0.6) is 0 Å². The normalized spacial score (nSPS) is 14.4. The SMILES string of the molecule is CCN(CCc1nccs1)C(=O)Nc1cnc(N2CCNCC2)nc1. The Hall–Kier alpha value is -2.26. The van der Waals surface area contributed by atoms with Crippen molar-refractivity contribution in [2.75, 3.05) is 49.5 Å². The number of hydrogen-bond donors (Lipinski definition) is 2. The minimum absolute atomic E-state index is 0.141. The average Bonchev–Trinajstić information content (AvgIpc) is 3.17. The summed E-state index contributed by atoms with van der Waals surface area (Å²) >= 11 is 1.61. The second kappa shape index (κ2) is 8.72. The molecule has 2 aromatic rings. The summed E-state index contributed by atoms with van der Waals surface area (Å²) in [6, 6.07) is -0.141. The van der Waals surface area contributed by atoms with Crippen LogP contribution in [0, 0.1) is 0 Å². The predicted molar refractivity (Wildman–Crippen MR) is 99.2 cm³/mol. The molecular formula is C16H23N7OS. The van der Waals surface area contributed by atoms with Gasteiger partial charge in [-0.05, 0) is 6.92 Å². The molecule has 2 N–H and O–H groups in total. The van der Waals surface area contributed by atoms with Crippen molar-refractivity contribution in [3.63, 3.8) is 0 Å². The van der Waals surface area contributed by atoms with Crippen molar-refractivity contribution < 1.29 is 4.79 Å². The Labute approximate surface area is 151 Å². The highest BCUT2D eigenvalue weighted by Gasteiger charge is 2.15. The highest BCUT2D eigenvalue weighted by molar-refractivity contribution is 7.09. The van der Waals surface area contributed by atoms with Crippen molar-refractivity contribution in [3.8, 4) is 0 Å². The first-order chi connectivity index (χ1) is 12.3. The number of nitrogens with zero attached hydrogens (tertiary/aromatic N) is 5. The topological polar surface area (TPSA) is 86.3 Å². The van der Waals surface area contributed by atoms with Gasteiger partial charge in [0.1, 0.15) is 0 Å². The van der Waals surface area contributed by atoms with Crippen LogP contribution < -0.4 is 15.5 Å². The summed E-state index contributed by atoms with van der Waals surface area (Å²) < 4.78 is 0. The van der Waals surface area contributed by atoms with Crippen molar-refractivity contribution in [1.29, 1.82) is 0 Å². The molecule has 2 aromatic heterocycles. The van der Waals surface area contributed by atoms with Crippen molar-refractivity contribution >= 4 is 29.0 Å². The molecule has 1 aliphatic heterocycles. The van der Waals surface area contributed by atoms with Gasteiger partial charge in [0.25, 0.3) is 0 Å². The van der Waals surface area contributed by atoms with Crippen molar-refractivity contribution in [2.45, 2.75) is 13.3 Å². The predicted octanol–water partition coefficient (Wildman–Crippen LogP) is 1.44. The van der Waals surface area contributed by atoms with E-state index in [9.17, 15) is 4.79 Å². The Morgan fingerprint density at radius 2 is 2.08 bits per heavy atom. The Bertz CT molecular complexity index is 656. The molecule has 0 bridgehead atoms. The molecular weight excluding hydrogens is 338 g/mol. The maximum Gasteiger partial charge on any atom is 0.321 e. The molecule has 0 atom stereocenters. The van der Waals surface area contributed by atoms with E-state index in [-0.39, 0.29) is 6.03 Å². The van der Waals surface area contributed by atoms with Crippen LogP contribution in [0.4, 0.5) is 16.4 Å². The first-order valence-electron chi connectivity index (χ1n) is 8.48. The molecule has 1 saturated heterocycles. The van der Waals surface area contributed by atoms with Gasteiger partial charge in [0.05, 0.1) is 23.1 Å². The van der Waals surface area contributed by atoms with E-state index in [0.29, 0.717) is 24.7 Å². The highest BCUT2D eigenvalue weighted by atomic mass is 32.1. The number of rotatable bonds is 6. The number of anilines is 2. The number of piperazine rings is 1. The summed E-state index contributed by atoms with van der Waals surface area (Å²) in [5.41, 5.74) is 0.608. The lowest BCUT2D eigenvalue weighted by Gasteiger charge is -2.27. The molecule has 8 nitrogen and oxygen atoms in total. The first kappa shape index (κ1) is 17.6. The van der Waals surface area contributed by atoms with Crippen LogP contribution in [0.3, 0.4) is 0 Å². The van der Waals surface area contributed by atoms with Gasteiger partial charge in [-0.3, -0.25) is 0 Å². The third-order valence-corrected chi connectivity index (χ3v) is 4.88. The summed E-state index contributed by atoms with van der Waals surface area (Å²) in [5.74, 6) is 0.704. The fourth-order valence-corrected chi connectivity index (χ4v) is 3.24. The van der Waals surface area contributed by atoms with Gasteiger partial charge in [0.2, 0.25) is 5.95 Å². The summed E-state index contributed by atoms with van der Waals surface area (Å²) in [7, 11) is 0. The molecule has 0 aromatic carbocycles. The molecule has 0 saturated carbocycles. The third kappa shape index (κ3) is 4.86. The number of thiazole rings is 1. The summed E-state index contributed by atoms with van der Waals surface area (Å²) in [6.45, 7) is 6.90. The Kier molecular flexibility index (Phi) is 6.13. The number of amides is 2. The van der Waals surface area contributed by atoms with Gasteiger partial charge in [0, 0.05) is 57.3 Å². The van der Waals surface area contributed by atoms with Crippen LogP contribution in [0.15, 0.2) is 24.0 Å². The van der Waals surface area contributed by atoms with E-state index < -0.39 is 0 Å². The van der Waals surface area contributed by atoms with Crippen LogP contribution in [0.25, 0.3) is 0 Å². The molecule has 9 heteroatoms. The van der Waals surface area contributed by atoms with Gasteiger partial charge in [-0.2, -0.15) is 0 Å². The quantitative estimate of drug-likeness (QED) is 0.810. The van der Waals surface area contributed by atoms with E-state index in [4.69, 9.17) is 0 Å². The fraction of sp³-hybridized carbons (Fsp3) is 0.500. The Morgan fingerprint density at radius 1 is 1.32 bits per heavy atom. The largest absolute Gasteiger partial charge is 0.338 e. The molecule has 3 heterocycles. The molecule has 3 rings (SSSR count). The molecule has 0 aliphatic carbocycles. The van der Waals surface area contributed by atoms with Crippen molar-refractivity contribution in [3.05, 3.63) is 29.0 Å². The van der Waals surface area contributed by atoms with Crippen LogP contribution in [0.1, 0.15) is 11.9 Å². The number of carbonyl (C=O) groups excluding carboxylic acids is 1. The van der Waals surface area contributed by atoms with Gasteiger partial charge in [-0.25, -0.2) is 19.7 Å². The van der Waals surface area contributed by atoms with E-state index in [2.05, 4.69) is 30.5 Å². The van der Waals surface area contributed by atoms with E-state index >= 15 is 0 Å². The molecule has 0 spiro atoms. The number of likely N-dealkylation sites (N-methyl/N-ethyl adjacent to an activating group) is 1. The van der Waals surface area contributed by atoms with Crippen LogP contribution in [-0.2, 0) is 6.42 Å². The standard InChI is InChI=1S/C16H23N7OS/c1-2-22(7-3-14-18-6-10-25-14)16(24)21-13-11-19-15(20-12-13)23-8-4-17-5-9-23/h6,10-12,17H,2-5,7-9H2,1H3,(H,21,24). The molecule has 1 fully saturated rings. The second-order valence-corrected chi connectivity index (χ2v) is 6.67. The molecule has 1 aliphatic rings. The monoisotopic (exact) mass is 361 g/mol. The number of hydrogen-bond acceptors (Lipinski definition) is 7. The summed E-state index contributed by atoms with van der Waals surface area (Å²) in [5, 5.41) is 9.15. The lowest BCUT2D eigenvalue weighted by atomic mass is 10.4. The highest BCUT2D eigenvalue weighted by Crippen LogP contribution is 2.12. The minimum Gasteiger partial charge on any atom is -0.338 e. The average molecular weight is 361 g/mol. The van der Waals surface area contributed by atoms with E-state index in [0.717, 1.165) is 37.6 Å². The van der Waals surface area contributed by atoms with Crippen LogP contribution >= 0.6 is 11.3 Å². The van der Waals surface area contributed by atoms with Gasteiger partial charge in [-0.1, -0.05) is 0 Å². The Morgan fingerprint density at radius 3 is 2.72 bits per heavy atom. The zero-order valence-corrected chi connectivity index (χ0v) is 15.1. The summed E-state index contributed by atoms with van der Waals surface area (Å²) in [4.78, 5) is 29.3. The fourth-order valence-electron chi connectivity index (χ4n) is 2.63. The number of urea groups is 1. The van der Waals surface area contributed by atoms with E-state index in [1.807, 2.05) is 12.3 Å². The molecule has 0 radical (unpaired) electrons. The zero-order chi connectivity index (χ0) is 17.5. The van der Waals surface area contributed by atoms with Crippen molar-refractivity contribution in [1.82, 2.24) is 25.2 Å². The molecule has 0 unspecified atom stereocenters. The lowest BCUT2D eigenvalue weighted by Crippen LogP contribution is -2.44. The number of aromatic nitrogens is 3. The van der Waals surface area contributed by atoms with E-state index in [1.165, 1.54) is 0 Å². The zero-order valence-electron chi connectivity index (χ0n) is 14.3. The van der Waals surface area contributed by atoms with Crippen LogP contribution in [0.2, 0.25) is 0 Å². The second-order valence-electron chi connectivity index (χ2n) is 5.69.